The van der Waals surface area contributed by atoms with Crippen LogP contribution in [0.4, 0.5) is 11.4 Å². The lowest BCUT2D eigenvalue weighted by Gasteiger charge is -2.10. The molecule has 0 aliphatic carbocycles. The summed E-state index contributed by atoms with van der Waals surface area (Å²) in [6.45, 7) is 3.97. The zero-order valence-corrected chi connectivity index (χ0v) is 16.2. The number of carbonyl (C=O) groups is 1. The highest BCUT2D eigenvalue weighted by Gasteiger charge is 2.09. The SMILES string of the molecule is Cc1cccc(NC(=O)CSc2ccc(-c3ccc([N+](=O)[O-])cc3)nn2)c1C. The van der Waals surface area contributed by atoms with Gasteiger partial charge in [-0.05, 0) is 55.3 Å². The third-order valence-electron chi connectivity index (χ3n) is 4.24. The van der Waals surface area contributed by atoms with E-state index < -0.39 is 4.92 Å². The Labute approximate surface area is 166 Å². The van der Waals surface area contributed by atoms with Crippen LogP contribution < -0.4 is 5.32 Å². The van der Waals surface area contributed by atoms with Gasteiger partial charge in [-0.3, -0.25) is 14.9 Å². The number of nitrogens with one attached hydrogen (secondary N) is 1. The number of thioether (sulfide) groups is 1. The van der Waals surface area contributed by atoms with Crippen molar-refractivity contribution >= 4 is 29.0 Å². The van der Waals surface area contributed by atoms with Crippen molar-refractivity contribution in [2.24, 2.45) is 0 Å². The number of benzene rings is 2. The monoisotopic (exact) mass is 394 g/mol. The number of carbonyl (C=O) groups excluding carboxylic acids is 1. The number of anilines is 1. The van der Waals surface area contributed by atoms with E-state index in [9.17, 15) is 14.9 Å². The van der Waals surface area contributed by atoms with Crippen LogP contribution in [-0.2, 0) is 4.79 Å². The highest BCUT2D eigenvalue weighted by Crippen LogP contribution is 2.23. The smallest absolute Gasteiger partial charge is 0.269 e. The maximum Gasteiger partial charge on any atom is 0.269 e. The minimum Gasteiger partial charge on any atom is -0.325 e. The molecule has 0 radical (unpaired) electrons. The Balaban J connectivity index is 1.59. The van der Waals surface area contributed by atoms with Gasteiger partial charge in [0, 0.05) is 23.4 Å². The van der Waals surface area contributed by atoms with Crippen LogP contribution in [0.25, 0.3) is 11.3 Å². The van der Waals surface area contributed by atoms with Crippen LogP contribution in [0, 0.1) is 24.0 Å². The third kappa shape index (κ3) is 4.72. The number of non-ortho nitro benzene ring substituents is 1. The van der Waals surface area contributed by atoms with Gasteiger partial charge < -0.3 is 5.32 Å². The molecule has 142 valence electrons. The minimum atomic E-state index is -0.446. The largest absolute Gasteiger partial charge is 0.325 e. The second-order valence-electron chi connectivity index (χ2n) is 6.15. The molecular weight excluding hydrogens is 376 g/mol. The Bertz CT molecular complexity index is 1000. The molecule has 0 fully saturated rings. The molecule has 2 aromatic carbocycles. The summed E-state index contributed by atoms with van der Waals surface area (Å²) in [5, 5.41) is 22.5. The molecule has 1 heterocycles. The standard InChI is InChI=1S/C20H18N4O3S/c1-13-4-3-5-17(14(13)2)21-19(25)12-28-20-11-10-18(22-23-20)15-6-8-16(9-7-15)24(26)27/h3-11H,12H2,1-2H3,(H,21,25). The Morgan fingerprint density at radius 3 is 2.46 bits per heavy atom. The van der Waals surface area contributed by atoms with Crippen molar-refractivity contribution in [2.75, 3.05) is 11.1 Å². The van der Waals surface area contributed by atoms with Gasteiger partial charge in [0.1, 0.15) is 5.03 Å². The molecule has 0 saturated heterocycles. The number of hydrogen-bond donors (Lipinski definition) is 1. The van der Waals surface area contributed by atoms with Gasteiger partial charge in [-0.2, -0.15) is 0 Å². The summed E-state index contributed by atoms with van der Waals surface area (Å²) in [4.78, 5) is 22.5. The molecular formula is C20H18N4O3S. The molecule has 28 heavy (non-hydrogen) atoms. The molecule has 7 nitrogen and oxygen atoms in total. The van der Waals surface area contributed by atoms with Crippen molar-refractivity contribution < 1.29 is 9.72 Å². The van der Waals surface area contributed by atoms with E-state index in [1.54, 1.807) is 24.3 Å². The lowest BCUT2D eigenvalue weighted by molar-refractivity contribution is -0.384. The van der Waals surface area contributed by atoms with Crippen LogP contribution >= 0.6 is 11.8 Å². The first-order chi connectivity index (χ1) is 13.4. The molecule has 1 N–H and O–H groups in total. The maximum absolute atomic E-state index is 12.2. The Kier molecular flexibility index (Phi) is 6.00. The van der Waals surface area contributed by atoms with E-state index in [1.807, 2.05) is 32.0 Å². The molecule has 1 amide bonds. The summed E-state index contributed by atoms with van der Waals surface area (Å²) in [7, 11) is 0. The molecule has 0 bridgehead atoms. The predicted octanol–water partition coefficient (Wildman–Crippen LogP) is 4.40. The number of amides is 1. The second kappa shape index (κ2) is 8.62. The molecule has 0 unspecified atom stereocenters. The molecule has 8 heteroatoms. The van der Waals surface area contributed by atoms with Crippen LogP contribution in [-0.4, -0.2) is 26.8 Å². The van der Waals surface area contributed by atoms with Crippen LogP contribution in [0.2, 0.25) is 0 Å². The number of rotatable bonds is 6. The summed E-state index contributed by atoms with van der Waals surface area (Å²) in [6, 6.07) is 15.5. The van der Waals surface area contributed by atoms with Gasteiger partial charge >= 0.3 is 0 Å². The third-order valence-corrected chi connectivity index (χ3v) is 5.16. The van der Waals surface area contributed by atoms with E-state index in [1.165, 1.54) is 23.9 Å². The summed E-state index contributed by atoms with van der Waals surface area (Å²) >= 11 is 1.29. The van der Waals surface area contributed by atoms with Gasteiger partial charge in [0.05, 0.1) is 16.4 Å². The fraction of sp³-hybridized carbons (Fsp3) is 0.150. The van der Waals surface area contributed by atoms with E-state index in [0.717, 1.165) is 22.4 Å². The molecule has 0 saturated carbocycles. The number of hydrogen-bond acceptors (Lipinski definition) is 6. The van der Waals surface area contributed by atoms with E-state index in [0.29, 0.717) is 10.7 Å². The van der Waals surface area contributed by atoms with Gasteiger partial charge in [-0.1, -0.05) is 23.9 Å². The fourth-order valence-corrected chi connectivity index (χ4v) is 3.13. The lowest BCUT2D eigenvalue weighted by Crippen LogP contribution is -2.15. The number of nitrogens with zero attached hydrogens (tertiary/aromatic N) is 3. The molecule has 3 aromatic rings. The topological polar surface area (TPSA) is 98.0 Å². The van der Waals surface area contributed by atoms with Crippen LogP contribution in [0.5, 0.6) is 0 Å². The summed E-state index contributed by atoms with van der Waals surface area (Å²) < 4.78 is 0. The number of nitro benzene ring substituents is 1. The van der Waals surface area contributed by atoms with Crippen molar-refractivity contribution in [2.45, 2.75) is 18.9 Å². The second-order valence-corrected chi connectivity index (χ2v) is 7.14. The van der Waals surface area contributed by atoms with Crippen molar-refractivity contribution in [3.05, 3.63) is 75.8 Å². The highest BCUT2D eigenvalue weighted by atomic mass is 32.2. The lowest BCUT2D eigenvalue weighted by atomic mass is 10.1. The van der Waals surface area contributed by atoms with E-state index in [-0.39, 0.29) is 17.3 Å². The minimum absolute atomic E-state index is 0.0266. The predicted molar refractivity (Wildman–Crippen MR) is 109 cm³/mol. The van der Waals surface area contributed by atoms with Gasteiger partial charge in [0.15, 0.2) is 0 Å². The van der Waals surface area contributed by atoms with Gasteiger partial charge in [-0.25, -0.2) is 0 Å². The van der Waals surface area contributed by atoms with E-state index in [4.69, 9.17) is 0 Å². The molecule has 0 atom stereocenters. The number of aromatic nitrogens is 2. The Hall–Kier alpha value is -3.26. The zero-order valence-electron chi connectivity index (χ0n) is 15.4. The van der Waals surface area contributed by atoms with E-state index >= 15 is 0 Å². The molecule has 0 aliphatic rings. The first kappa shape index (κ1) is 19.5. The van der Waals surface area contributed by atoms with Gasteiger partial charge in [-0.15, -0.1) is 10.2 Å². The molecule has 1 aromatic heterocycles. The van der Waals surface area contributed by atoms with Crippen molar-refractivity contribution in [1.29, 1.82) is 0 Å². The molecule has 3 rings (SSSR count). The molecule has 0 spiro atoms. The summed E-state index contributed by atoms with van der Waals surface area (Å²) in [6.07, 6.45) is 0. The first-order valence-electron chi connectivity index (χ1n) is 8.51. The average molecular weight is 394 g/mol. The van der Waals surface area contributed by atoms with Crippen molar-refractivity contribution in [3.8, 4) is 11.3 Å². The van der Waals surface area contributed by atoms with Crippen LogP contribution in [0.3, 0.4) is 0 Å². The number of nitro groups is 1. The van der Waals surface area contributed by atoms with Crippen LogP contribution in [0.1, 0.15) is 11.1 Å². The normalized spacial score (nSPS) is 10.5. The Morgan fingerprint density at radius 1 is 1.07 bits per heavy atom. The van der Waals surface area contributed by atoms with Crippen molar-refractivity contribution in [3.63, 3.8) is 0 Å². The Morgan fingerprint density at radius 2 is 1.82 bits per heavy atom. The number of aryl methyl sites for hydroxylation is 1. The maximum atomic E-state index is 12.2. The highest BCUT2D eigenvalue weighted by molar-refractivity contribution is 7.99. The molecule has 0 aliphatic heterocycles. The van der Waals surface area contributed by atoms with Gasteiger partial charge in [0.25, 0.3) is 5.69 Å². The first-order valence-corrected chi connectivity index (χ1v) is 9.50. The zero-order chi connectivity index (χ0) is 20.1. The van der Waals surface area contributed by atoms with Crippen molar-refractivity contribution in [1.82, 2.24) is 10.2 Å². The fourth-order valence-electron chi connectivity index (χ4n) is 2.52. The summed E-state index contributed by atoms with van der Waals surface area (Å²) in [5.74, 6) is 0.110. The van der Waals surface area contributed by atoms with Gasteiger partial charge in [0.2, 0.25) is 5.91 Å². The van der Waals surface area contributed by atoms with E-state index in [2.05, 4.69) is 15.5 Å². The average Bonchev–Trinajstić information content (AvgIpc) is 2.70. The quantitative estimate of drug-likeness (QED) is 0.378. The summed E-state index contributed by atoms with van der Waals surface area (Å²) in [5.41, 5.74) is 4.36. The van der Waals surface area contributed by atoms with Crippen LogP contribution in [0.15, 0.2) is 59.6 Å².